The van der Waals surface area contributed by atoms with Crippen molar-refractivity contribution in [3.05, 3.63) is 160 Å². The molecule has 1 saturated heterocycles. The number of ketones is 2. The van der Waals surface area contributed by atoms with Crippen LogP contribution in [0.1, 0.15) is 35.4 Å². The topological polar surface area (TPSA) is 91.8 Å². The van der Waals surface area contributed by atoms with Crippen LogP contribution < -0.4 is 4.90 Å². The van der Waals surface area contributed by atoms with Crippen molar-refractivity contribution in [2.75, 3.05) is 4.90 Å². The zero-order valence-electron chi connectivity index (χ0n) is 27.4. The lowest BCUT2D eigenvalue weighted by atomic mass is 9.44. The van der Waals surface area contributed by atoms with E-state index >= 15 is 9.59 Å². The number of benzene rings is 5. The predicted molar refractivity (Wildman–Crippen MR) is 199 cm³/mol. The Morgan fingerprint density at radius 2 is 1.41 bits per heavy atom. The molecule has 5 aromatic rings. The summed E-state index contributed by atoms with van der Waals surface area (Å²) in [4.78, 5) is 60.5. The molecule has 2 amide bonds. The molecule has 51 heavy (non-hydrogen) atoms. The van der Waals surface area contributed by atoms with Crippen molar-refractivity contribution in [1.82, 2.24) is 0 Å². The van der Waals surface area contributed by atoms with E-state index in [2.05, 4.69) is 15.9 Å². The molecule has 1 aliphatic heterocycles. The lowest BCUT2D eigenvalue weighted by Crippen LogP contribution is -2.58. The highest BCUT2D eigenvalue weighted by Crippen LogP contribution is 2.65. The fraction of sp³-hybridized carbons (Fsp3) is 0.182. The van der Waals surface area contributed by atoms with Gasteiger partial charge in [0.25, 0.3) is 0 Å². The standard InChI is InChI=1S/C44H32BrNO5/c45-28-16-18-29(19-17-28)46-42(50)32-21-20-31-34(38(32)43(46)51)23-35-41(49)33(25-9-3-1-4-10-25)24-37(48)44(35,27-12-5-2-6-13-27)40(31)39-30-14-8-7-11-26(30)15-22-36(39)47/h1-20,22,24,32,34-35,38,40,47H,21,23H2/t32-,34+,35-,38-,40+,44-/m0/s1. The van der Waals surface area contributed by atoms with E-state index in [1.165, 1.54) is 11.0 Å². The highest BCUT2D eigenvalue weighted by atomic mass is 79.9. The van der Waals surface area contributed by atoms with Crippen molar-refractivity contribution in [2.24, 2.45) is 23.7 Å². The number of nitrogens with zero attached hydrogens (tertiary/aromatic N) is 1. The third kappa shape index (κ3) is 4.53. The number of phenols is 1. The number of allylic oxidation sites excluding steroid dienone is 4. The summed E-state index contributed by atoms with van der Waals surface area (Å²) in [5, 5.41) is 13.6. The van der Waals surface area contributed by atoms with E-state index in [9.17, 15) is 14.7 Å². The number of imide groups is 1. The summed E-state index contributed by atoms with van der Waals surface area (Å²) < 4.78 is 0.830. The second-order valence-electron chi connectivity index (χ2n) is 14.0. The second kappa shape index (κ2) is 11.8. The number of carbonyl (C=O) groups is 4. The first kappa shape index (κ1) is 31.6. The van der Waals surface area contributed by atoms with Gasteiger partial charge in [-0.3, -0.25) is 24.1 Å². The monoisotopic (exact) mass is 733 g/mol. The summed E-state index contributed by atoms with van der Waals surface area (Å²) in [5.41, 5.74) is 2.11. The molecule has 0 spiro atoms. The van der Waals surface area contributed by atoms with Gasteiger partial charge in [-0.1, -0.05) is 119 Å². The number of phenolic OH excluding ortho intramolecular Hbond substituents is 1. The molecule has 6 nitrogen and oxygen atoms in total. The van der Waals surface area contributed by atoms with E-state index in [0.717, 1.165) is 20.8 Å². The number of hydrogen-bond donors (Lipinski definition) is 1. The van der Waals surface area contributed by atoms with Crippen molar-refractivity contribution in [3.8, 4) is 5.75 Å². The lowest BCUT2D eigenvalue weighted by Gasteiger charge is -2.55. The van der Waals surface area contributed by atoms with Crippen LogP contribution in [0.3, 0.4) is 0 Å². The van der Waals surface area contributed by atoms with Crippen LogP contribution in [0.4, 0.5) is 5.69 Å². The smallest absolute Gasteiger partial charge is 0.238 e. The molecule has 5 aromatic carbocycles. The zero-order valence-corrected chi connectivity index (χ0v) is 29.0. The van der Waals surface area contributed by atoms with E-state index < -0.39 is 35.0 Å². The van der Waals surface area contributed by atoms with Gasteiger partial charge in [0.1, 0.15) is 5.75 Å². The second-order valence-corrected chi connectivity index (χ2v) is 14.9. The fourth-order valence-corrected chi connectivity index (χ4v) is 9.88. The van der Waals surface area contributed by atoms with Gasteiger partial charge in [-0.2, -0.15) is 0 Å². The lowest BCUT2D eigenvalue weighted by molar-refractivity contribution is -0.135. The summed E-state index contributed by atoms with van der Waals surface area (Å²) in [6.45, 7) is 0. The van der Waals surface area contributed by atoms with E-state index in [0.29, 0.717) is 34.4 Å². The van der Waals surface area contributed by atoms with Gasteiger partial charge in [0.05, 0.1) is 22.9 Å². The third-order valence-corrected chi connectivity index (χ3v) is 12.2. The largest absolute Gasteiger partial charge is 0.508 e. The molecule has 1 heterocycles. The average molecular weight is 735 g/mol. The van der Waals surface area contributed by atoms with Gasteiger partial charge in [-0.15, -0.1) is 0 Å². The Labute approximate surface area is 303 Å². The Morgan fingerprint density at radius 1 is 0.725 bits per heavy atom. The Balaban J connectivity index is 1.32. The highest BCUT2D eigenvalue weighted by Gasteiger charge is 2.66. The number of carbonyl (C=O) groups excluding carboxylic acids is 4. The van der Waals surface area contributed by atoms with Crippen molar-refractivity contribution in [2.45, 2.75) is 24.2 Å². The summed E-state index contributed by atoms with van der Waals surface area (Å²) >= 11 is 3.45. The minimum atomic E-state index is -1.43. The zero-order chi connectivity index (χ0) is 35.0. The molecule has 0 aromatic heterocycles. The van der Waals surface area contributed by atoms with Crippen molar-refractivity contribution in [1.29, 1.82) is 0 Å². The van der Waals surface area contributed by atoms with E-state index in [-0.39, 0.29) is 35.6 Å². The van der Waals surface area contributed by atoms with Crippen molar-refractivity contribution >= 4 is 61.3 Å². The minimum absolute atomic E-state index is 0.0137. The molecule has 3 aliphatic carbocycles. The first-order valence-electron chi connectivity index (χ1n) is 17.3. The van der Waals surface area contributed by atoms with E-state index in [4.69, 9.17) is 0 Å². The Bertz CT molecular complexity index is 2350. The number of amides is 2. The molecule has 250 valence electrons. The third-order valence-electron chi connectivity index (χ3n) is 11.7. The number of fused-ring (bicyclic) bond motifs is 5. The molecule has 0 unspecified atom stereocenters. The number of aromatic hydroxyl groups is 1. The summed E-state index contributed by atoms with van der Waals surface area (Å²) in [5.74, 6) is -4.52. The van der Waals surface area contributed by atoms with Crippen molar-refractivity contribution in [3.63, 3.8) is 0 Å². The van der Waals surface area contributed by atoms with Crippen LogP contribution in [0.25, 0.3) is 16.3 Å². The van der Waals surface area contributed by atoms with Crippen LogP contribution in [0.15, 0.2) is 144 Å². The van der Waals surface area contributed by atoms with Gasteiger partial charge >= 0.3 is 0 Å². The van der Waals surface area contributed by atoms with Crippen LogP contribution in [0, 0.1) is 23.7 Å². The van der Waals surface area contributed by atoms with Gasteiger partial charge in [-0.05, 0) is 77.1 Å². The Hall–Kier alpha value is -5.40. The van der Waals surface area contributed by atoms with Gasteiger partial charge < -0.3 is 5.11 Å². The number of hydrogen-bond acceptors (Lipinski definition) is 5. The molecule has 4 aliphatic rings. The van der Waals surface area contributed by atoms with Crippen LogP contribution in [-0.4, -0.2) is 28.5 Å². The summed E-state index contributed by atoms with van der Waals surface area (Å²) in [7, 11) is 0. The van der Waals surface area contributed by atoms with Crippen LogP contribution in [-0.2, 0) is 24.6 Å². The SMILES string of the molecule is O=C1C(c2ccccc2)=CC(=O)[C@@]2(c3ccccc3)[C@@H](c3c(O)ccc4ccccc34)C3=CC[C@@H]4C(=O)N(c5ccc(Br)cc5)C(=O)[C@@H]4[C@@H]3C[C@@H]12. The first-order valence-corrected chi connectivity index (χ1v) is 18.0. The molecule has 2 fully saturated rings. The maximum atomic E-state index is 15.3. The highest BCUT2D eigenvalue weighted by molar-refractivity contribution is 9.10. The molecule has 1 saturated carbocycles. The number of Topliss-reactive ketones (excluding diaryl/α,β-unsaturated/α-hetero) is 1. The first-order chi connectivity index (χ1) is 24.8. The maximum absolute atomic E-state index is 15.3. The van der Waals surface area contributed by atoms with Crippen LogP contribution in [0.2, 0.25) is 0 Å². The minimum Gasteiger partial charge on any atom is -0.508 e. The molecule has 0 radical (unpaired) electrons. The van der Waals surface area contributed by atoms with Gasteiger partial charge in [0.2, 0.25) is 11.8 Å². The molecular formula is C44H32BrNO5. The van der Waals surface area contributed by atoms with Crippen molar-refractivity contribution < 1.29 is 24.3 Å². The number of anilines is 1. The molecular weight excluding hydrogens is 702 g/mol. The quantitative estimate of drug-likeness (QED) is 0.148. The Morgan fingerprint density at radius 3 is 2.16 bits per heavy atom. The van der Waals surface area contributed by atoms with E-state index in [1.54, 1.807) is 30.3 Å². The van der Waals surface area contributed by atoms with E-state index in [1.807, 2.05) is 97.1 Å². The summed E-state index contributed by atoms with van der Waals surface area (Å²) in [6.07, 6.45) is 4.04. The molecule has 0 bridgehead atoms. The molecule has 7 heteroatoms. The van der Waals surface area contributed by atoms with Gasteiger partial charge in [-0.25, -0.2) is 0 Å². The predicted octanol–water partition coefficient (Wildman–Crippen LogP) is 8.34. The number of rotatable bonds is 4. The van der Waals surface area contributed by atoms with Gasteiger partial charge in [0, 0.05) is 27.4 Å². The average Bonchev–Trinajstić information content (AvgIpc) is 3.42. The van der Waals surface area contributed by atoms with Crippen LogP contribution in [0.5, 0.6) is 5.75 Å². The number of halogens is 1. The Kier molecular flexibility index (Phi) is 7.33. The fourth-order valence-electron chi connectivity index (χ4n) is 9.62. The normalized spacial score (nSPS) is 27.1. The summed E-state index contributed by atoms with van der Waals surface area (Å²) in [6, 6.07) is 37.0. The maximum Gasteiger partial charge on any atom is 0.238 e. The molecule has 1 N–H and O–H groups in total. The van der Waals surface area contributed by atoms with Crippen LogP contribution >= 0.6 is 15.9 Å². The van der Waals surface area contributed by atoms with Gasteiger partial charge in [0.15, 0.2) is 11.6 Å². The molecule has 6 atom stereocenters. The molecule has 9 rings (SSSR count).